The number of nitrogens with one attached hydrogen (secondary N) is 3. The number of halogens is 14. The molecule has 9 aromatic carbocycles. The summed E-state index contributed by atoms with van der Waals surface area (Å²) in [7, 11) is 4.34. The number of nitro benzene ring substituents is 3. The number of rotatable bonds is 9. The molecule has 38 nitrogen and oxygen atoms in total. The summed E-state index contributed by atoms with van der Waals surface area (Å²) in [5.74, 6) is -4.59. The van der Waals surface area contributed by atoms with Crippen molar-refractivity contribution in [1.82, 2.24) is 45.2 Å². The van der Waals surface area contributed by atoms with Gasteiger partial charge in [-0.1, -0.05) is 53.6 Å². The Balaban J connectivity index is 0. The van der Waals surface area contributed by atoms with E-state index in [1.165, 1.54) is 116 Å². The van der Waals surface area contributed by atoms with Gasteiger partial charge in [-0.3, -0.25) is 104 Å². The number of benzene rings is 9. The van der Waals surface area contributed by atoms with E-state index >= 15 is 0 Å². The Morgan fingerprint density at radius 1 is 0.530 bits per heavy atom. The van der Waals surface area contributed by atoms with Crippen molar-refractivity contribution < 1.29 is 108 Å². The summed E-state index contributed by atoms with van der Waals surface area (Å²) in [5, 5.41) is 61.8. The topological polar surface area (TPSA) is 584 Å². The fourth-order valence-corrected chi connectivity index (χ4v) is 13.6. The number of ether oxygens (including phenoxy) is 2. The number of carbonyl (C=O) groups excluding carboxylic acids is 7. The van der Waals surface area contributed by atoms with Crippen LogP contribution in [-0.4, -0.2) is 134 Å². The Kier molecular flexibility index (Phi) is 63.1. The van der Waals surface area contributed by atoms with Crippen LogP contribution in [0.4, 0.5) is 85.0 Å². The van der Waals surface area contributed by atoms with Crippen LogP contribution in [0.5, 0.6) is 0 Å². The second-order valence-electron chi connectivity index (χ2n) is 30.7. The van der Waals surface area contributed by atoms with Crippen LogP contribution >= 0.6 is 92.5 Å². The Labute approximate surface area is 896 Å². The predicted octanol–water partition coefficient (Wildman–Crippen LogP) is 23.3. The zero-order valence-corrected chi connectivity index (χ0v) is 89.2. The number of nitriles is 1. The molecular weight excluding hydrogens is 2320 g/mol. The first-order valence-corrected chi connectivity index (χ1v) is 46.1. The Morgan fingerprint density at radius 3 is 1.29 bits per heavy atom. The maximum atomic E-state index is 13.5. The summed E-state index contributed by atoms with van der Waals surface area (Å²) in [6, 6.07) is 23.1. The van der Waals surface area contributed by atoms with Gasteiger partial charge < -0.3 is 47.8 Å². The van der Waals surface area contributed by atoms with E-state index in [0.717, 1.165) is 101 Å². The van der Waals surface area contributed by atoms with E-state index in [-0.39, 0.29) is 116 Å². The second kappa shape index (κ2) is 68.8. The average Bonchev–Trinajstić information content (AvgIpc) is 0.791. The zero-order chi connectivity index (χ0) is 112. The molecule has 14 rings (SSSR count). The van der Waals surface area contributed by atoms with Crippen LogP contribution in [0.2, 0.25) is 0 Å². The maximum absolute atomic E-state index is 13.5. The van der Waals surface area contributed by atoms with E-state index in [1.807, 2.05) is 40.7 Å². The standard InChI is InChI=1S/C12H23NO2.C9H4Br3FN2.C9H3BrFN3.C9H6BrFN2.C9H9FN2O3.C9H7FN2.C9H10FNO.2C7H7FN2O2.C7H8FN.C4H6O3.C2H2O2.2CH4.BHNS.HNO3/c1-9-5-10(8-13-7-9)6-11(14)15-12(2,3)4;10-6-5(13)3-4(9(11)12)7-8(6)15-2-1-14-7;10-7-6(11)3-5(4-12)8-9(7)14-2-1-13-8;1-5-4-6(11)7(10)9-8(5)12-2-3-13-9;1-5-3-7(10)4-8(12(14)15)9(5)11-6(2)13;1-6-4-7(10)5-8-9(6)12-3-2-11-8;1-6-5-8(10)3-4-9(6)11-7(2)12;2*1-4-2-5(8)3-6(7(4)9)10(11)12;1-5-4-6(8)2-3-7(5)9;1-3(5)7-4(2)6;3-1-2-4;;;1-2-3;2-1(3)4/h9-10,13H,5-8H2,1-4H3;1-3,9H;1-3H;2-4H,1H3;3-4H,1-2H3,(H,11,13);2-5H,1H3;3-5H,1-2H3,(H,11,12);2*2-3H,9H2,1H3;2-4H,9H2,1H3;1-2H3;1-2H;2*1H4;3H;(H,2,3,4)/t9-,10-;;;;;;;;;;;;;;;/m0.............../s1. The van der Waals surface area contributed by atoms with Gasteiger partial charge in [0.05, 0.1) is 77.8 Å². The molecule has 1 aliphatic heterocycles. The molecule has 0 bridgehead atoms. The number of thiol groups is 1. The summed E-state index contributed by atoms with van der Waals surface area (Å²) in [6.07, 6.45) is 14.4. The number of carbonyl (C=O) groups is 7. The first-order chi connectivity index (χ1) is 68.6. The predicted molar refractivity (Wildman–Crippen MR) is 568 cm³/mol. The summed E-state index contributed by atoms with van der Waals surface area (Å²) < 4.78 is 129. The molecule has 0 spiro atoms. The van der Waals surface area contributed by atoms with Crippen LogP contribution in [0.25, 0.3) is 44.1 Å². The fraction of sp³-hybridized carbons (Fsp3) is 0.263. The summed E-state index contributed by atoms with van der Waals surface area (Å²) in [6.45, 7) is 26.7. The Hall–Kier alpha value is -14.5. The van der Waals surface area contributed by atoms with E-state index < -0.39 is 66.7 Å². The molecule has 0 saturated carbocycles. The molecule has 149 heavy (non-hydrogen) atoms. The minimum absolute atomic E-state index is 0. The number of nitrogens with zero attached hydrogens (tertiary/aromatic N) is 14. The van der Waals surface area contributed by atoms with Gasteiger partial charge in [0.25, 0.3) is 22.1 Å². The molecule has 797 valence electrons. The molecule has 5 heterocycles. The molecule has 54 heteroatoms. The molecule has 2 atom stereocenters. The van der Waals surface area contributed by atoms with Gasteiger partial charge in [0.1, 0.15) is 103 Å². The number of anilines is 5. The van der Waals surface area contributed by atoms with E-state index in [1.54, 1.807) is 57.0 Å². The number of hydrogen-bond donors (Lipinski definition) is 8. The van der Waals surface area contributed by atoms with Gasteiger partial charge in [-0.15, -0.1) is 10.1 Å². The van der Waals surface area contributed by atoms with E-state index in [4.69, 9.17) is 52.1 Å². The minimum atomic E-state index is -1.50. The number of aldehydes is 2. The number of piperidine rings is 1. The molecule has 1 fully saturated rings. The van der Waals surface area contributed by atoms with E-state index in [9.17, 15) is 93.8 Å². The molecule has 0 aliphatic carbocycles. The third-order valence-corrected chi connectivity index (χ3v) is 20.9. The summed E-state index contributed by atoms with van der Waals surface area (Å²) in [4.78, 5) is 140. The van der Waals surface area contributed by atoms with Crippen LogP contribution in [0.3, 0.4) is 0 Å². The Morgan fingerprint density at radius 2 is 0.893 bits per heavy atom. The molecule has 4 aromatic heterocycles. The van der Waals surface area contributed by atoms with Crippen molar-refractivity contribution in [3.8, 4) is 6.07 Å². The first kappa shape index (κ1) is 137. The molecule has 1 aliphatic rings. The van der Waals surface area contributed by atoms with Crippen LogP contribution in [0.1, 0.15) is 137 Å². The summed E-state index contributed by atoms with van der Waals surface area (Å²) >= 11 is 19.2. The number of hydrogen-bond acceptors (Lipinski definition) is 32. The molecule has 0 unspecified atom stereocenters. The molecule has 1 saturated heterocycles. The van der Waals surface area contributed by atoms with Crippen molar-refractivity contribution in [3.05, 3.63) is 309 Å². The quantitative estimate of drug-likeness (QED) is 0.00568. The Bertz CT molecular complexity index is 6800. The zero-order valence-electron chi connectivity index (χ0n) is 80.3. The number of fused-ring (bicyclic) bond motifs is 4. The van der Waals surface area contributed by atoms with Gasteiger partial charge in [0, 0.05) is 107 Å². The number of esters is 3. The average molecular weight is 2430 g/mol. The van der Waals surface area contributed by atoms with Crippen LogP contribution in [-0.2, 0) is 43.0 Å². The number of nitro groups is 3. The second-order valence-corrected chi connectivity index (χ2v) is 36.3. The van der Waals surface area contributed by atoms with Gasteiger partial charge >= 0.3 is 42.7 Å². The molecular formula is C95H102BBr5F9N20O18S. The third-order valence-electron chi connectivity index (χ3n) is 17.7. The number of aromatic nitrogens is 8. The van der Waals surface area contributed by atoms with Gasteiger partial charge in [-0.25, -0.2) is 39.5 Å². The number of nitrogens with two attached hydrogens (primary N) is 3. The molecule has 13 aromatic rings. The van der Waals surface area contributed by atoms with Crippen LogP contribution in [0, 0.1) is 164 Å². The van der Waals surface area contributed by atoms with Gasteiger partial charge in [-0.05, 0) is 266 Å². The first-order valence-electron chi connectivity index (χ1n) is 41.5. The molecule has 1 radical (unpaired) electrons. The van der Waals surface area contributed by atoms with Crippen molar-refractivity contribution in [3.63, 3.8) is 0 Å². The fourth-order valence-electron chi connectivity index (χ4n) is 11.7. The summed E-state index contributed by atoms with van der Waals surface area (Å²) in [5.41, 5.74) is 25.6. The SMILES string of the molecule is C.C.CC(=O)Nc1c(C)cc(F)cc1[N+](=O)[O-].CC(=O)Nc1ccc(F)cc1C.CC(=O)OC(C)=O.C[C@@H]1CNC[C@H](CC(=O)OC(C)(C)C)C1.Cc1cc(F)c(Br)c2nccnc12.Cc1cc(F)cc([N+](=O)[O-])c1N.Cc1cc(F)cc([N+](=O)[O-])c1N.Cc1cc(F)cc2nccnc12.Cc1cc(F)ccc1N.Fc1cc(C(Br)Br)c2nccnc2c1Br.N#Cc1cc(F)c(Br)c2nccnc12.O=CC=O.O=[N+]([O-])O.[B]=NS. The van der Waals surface area contributed by atoms with Gasteiger partial charge in [0.2, 0.25) is 11.8 Å². The van der Waals surface area contributed by atoms with Crippen LogP contribution in [0.15, 0.2) is 170 Å². The van der Waals surface area contributed by atoms with Gasteiger partial charge in [0.15, 0.2) is 12.6 Å². The van der Waals surface area contributed by atoms with Gasteiger partial charge in [-0.2, -0.15) is 5.26 Å². The third kappa shape index (κ3) is 50.6. The molecule has 2 amide bonds. The normalized spacial score (nSPS) is 11.3. The molecule has 10 N–H and O–H groups in total. The number of aryl methyl sites for hydroxylation is 7. The van der Waals surface area contributed by atoms with Crippen LogP contribution < -0.4 is 33.2 Å². The van der Waals surface area contributed by atoms with Crippen molar-refractivity contribution in [2.75, 3.05) is 40.9 Å². The van der Waals surface area contributed by atoms with Crippen molar-refractivity contribution in [1.29, 1.82) is 5.26 Å². The van der Waals surface area contributed by atoms with Crippen molar-refractivity contribution >= 4 is 232 Å². The monoisotopic (exact) mass is 2420 g/mol. The van der Waals surface area contributed by atoms with Crippen molar-refractivity contribution in [2.24, 2.45) is 16.1 Å². The number of amides is 2. The van der Waals surface area contributed by atoms with E-state index in [2.05, 4.69) is 172 Å². The number of alkyl halides is 2. The van der Waals surface area contributed by atoms with Crippen molar-refractivity contribution in [2.45, 2.75) is 141 Å². The van der Waals surface area contributed by atoms with E-state index in [0.29, 0.717) is 88.4 Å². The number of nitrogen functional groups attached to an aromatic ring is 3.